The van der Waals surface area contributed by atoms with Crippen molar-refractivity contribution in [2.24, 2.45) is 0 Å². The number of rotatable bonds is 2. The number of aromatic nitrogens is 2. The molecule has 0 saturated carbocycles. The quantitative estimate of drug-likeness (QED) is 0.899. The van der Waals surface area contributed by atoms with E-state index in [4.69, 9.17) is 9.47 Å². The molecule has 1 N–H and O–H groups in total. The predicted molar refractivity (Wildman–Crippen MR) is 80.3 cm³/mol. The van der Waals surface area contributed by atoms with Crippen molar-refractivity contribution in [1.82, 2.24) is 15.3 Å². The Labute approximate surface area is 127 Å². The average Bonchev–Trinajstić information content (AvgIpc) is 2.84. The van der Waals surface area contributed by atoms with E-state index in [1.165, 1.54) is 6.33 Å². The van der Waals surface area contributed by atoms with Crippen molar-refractivity contribution in [2.45, 2.75) is 12.5 Å². The Morgan fingerprint density at radius 1 is 1.36 bits per heavy atom. The van der Waals surface area contributed by atoms with Crippen LogP contribution in [0, 0.1) is 6.92 Å². The molecule has 1 aromatic carbocycles. The van der Waals surface area contributed by atoms with Crippen LogP contribution in [-0.2, 0) is 4.74 Å². The van der Waals surface area contributed by atoms with E-state index in [-0.39, 0.29) is 6.09 Å². The standard InChI is InChI=1S/C15H16N4O3/c1-9-10-3-12(13(21-2)4-11(10)18-8-17-9)19-7-15(5-16-6-15)22-14(19)20/h3-4,8,16H,5-7H2,1-2H3. The lowest BCUT2D eigenvalue weighted by Gasteiger charge is -2.36. The van der Waals surface area contributed by atoms with E-state index in [1.807, 2.05) is 19.1 Å². The highest BCUT2D eigenvalue weighted by molar-refractivity contribution is 5.97. The first-order chi connectivity index (χ1) is 10.6. The predicted octanol–water partition coefficient (Wildman–Crippen LogP) is 1.25. The lowest BCUT2D eigenvalue weighted by molar-refractivity contribution is 0.0142. The lowest BCUT2D eigenvalue weighted by Crippen LogP contribution is -2.61. The fraction of sp³-hybridized carbons (Fsp3) is 0.400. The number of hydrogen-bond donors (Lipinski definition) is 1. The molecule has 7 heteroatoms. The first-order valence-electron chi connectivity index (χ1n) is 7.12. The number of benzene rings is 1. The molecule has 2 aliphatic heterocycles. The van der Waals surface area contributed by atoms with Gasteiger partial charge in [-0.1, -0.05) is 0 Å². The number of fused-ring (bicyclic) bond motifs is 1. The Hall–Kier alpha value is -2.41. The van der Waals surface area contributed by atoms with Crippen molar-refractivity contribution in [1.29, 1.82) is 0 Å². The summed E-state index contributed by atoms with van der Waals surface area (Å²) in [4.78, 5) is 22.4. The van der Waals surface area contributed by atoms with E-state index in [9.17, 15) is 4.79 Å². The van der Waals surface area contributed by atoms with Gasteiger partial charge in [-0.25, -0.2) is 14.8 Å². The van der Waals surface area contributed by atoms with E-state index in [0.29, 0.717) is 31.1 Å². The second-order valence-electron chi connectivity index (χ2n) is 5.74. The number of hydrogen-bond acceptors (Lipinski definition) is 6. The van der Waals surface area contributed by atoms with Gasteiger partial charge in [0, 0.05) is 30.2 Å². The summed E-state index contributed by atoms with van der Waals surface area (Å²) in [7, 11) is 1.58. The maximum absolute atomic E-state index is 12.3. The first kappa shape index (κ1) is 13.3. The van der Waals surface area contributed by atoms with Crippen molar-refractivity contribution in [3.8, 4) is 5.75 Å². The number of aryl methyl sites for hydroxylation is 1. The molecule has 3 heterocycles. The Morgan fingerprint density at radius 2 is 2.18 bits per heavy atom. The fourth-order valence-corrected chi connectivity index (χ4v) is 2.97. The largest absolute Gasteiger partial charge is 0.494 e. The number of amides is 1. The molecule has 114 valence electrons. The lowest BCUT2D eigenvalue weighted by atomic mass is 9.97. The topological polar surface area (TPSA) is 76.6 Å². The third-order valence-corrected chi connectivity index (χ3v) is 4.29. The first-order valence-corrected chi connectivity index (χ1v) is 7.12. The van der Waals surface area contributed by atoms with Gasteiger partial charge < -0.3 is 14.8 Å². The summed E-state index contributed by atoms with van der Waals surface area (Å²) < 4.78 is 11.0. The van der Waals surface area contributed by atoms with Gasteiger partial charge in [0.2, 0.25) is 0 Å². The van der Waals surface area contributed by atoms with E-state index in [1.54, 1.807) is 12.0 Å². The monoisotopic (exact) mass is 300 g/mol. The van der Waals surface area contributed by atoms with Gasteiger partial charge in [-0.3, -0.25) is 4.90 Å². The summed E-state index contributed by atoms with van der Waals surface area (Å²) in [6, 6.07) is 3.73. The second-order valence-corrected chi connectivity index (χ2v) is 5.74. The number of methoxy groups -OCH3 is 1. The minimum atomic E-state index is -0.403. The molecule has 2 fully saturated rings. The van der Waals surface area contributed by atoms with Crippen molar-refractivity contribution in [3.05, 3.63) is 24.2 Å². The molecular weight excluding hydrogens is 284 g/mol. The minimum absolute atomic E-state index is 0.339. The Bertz CT molecular complexity index is 773. The molecule has 0 unspecified atom stereocenters. The highest BCUT2D eigenvalue weighted by atomic mass is 16.6. The van der Waals surface area contributed by atoms with Gasteiger partial charge in [0.25, 0.3) is 0 Å². The molecule has 0 atom stereocenters. The van der Waals surface area contributed by atoms with Crippen molar-refractivity contribution in [2.75, 3.05) is 31.6 Å². The minimum Gasteiger partial charge on any atom is -0.494 e. The van der Waals surface area contributed by atoms with Crippen LogP contribution >= 0.6 is 0 Å². The molecule has 7 nitrogen and oxygen atoms in total. The van der Waals surface area contributed by atoms with Crippen LogP contribution in [0.4, 0.5) is 10.5 Å². The molecule has 4 rings (SSSR count). The van der Waals surface area contributed by atoms with Gasteiger partial charge in [-0.2, -0.15) is 0 Å². The summed E-state index contributed by atoms with van der Waals surface area (Å²) >= 11 is 0. The van der Waals surface area contributed by atoms with Gasteiger partial charge in [-0.15, -0.1) is 0 Å². The Morgan fingerprint density at radius 3 is 2.82 bits per heavy atom. The zero-order valence-corrected chi connectivity index (χ0v) is 12.4. The molecule has 1 amide bonds. The summed E-state index contributed by atoms with van der Waals surface area (Å²) in [6.45, 7) is 3.81. The third-order valence-electron chi connectivity index (χ3n) is 4.29. The zero-order chi connectivity index (χ0) is 15.3. The molecule has 2 aromatic rings. The molecule has 1 spiro atoms. The van der Waals surface area contributed by atoms with E-state index < -0.39 is 5.60 Å². The van der Waals surface area contributed by atoms with E-state index in [0.717, 1.165) is 16.6 Å². The summed E-state index contributed by atoms with van der Waals surface area (Å²) in [5, 5.41) is 4.05. The van der Waals surface area contributed by atoms with Gasteiger partial charge in [0.15, 0.2) is 5.60 Å². The maximum atomic E-state index is 12.3. The molecular formula is C15H16N4O3. The molecule has 1 aromatic heterocycles. The zero-order valence-electron chi connectivity index (χ0n) is 12.4. The van der Waals surface area contributed by atoms with E-state index >= 15 is 0 Å². The van der Waals surface area contributed by atoms with Crippen LogP contribution in [0.3, 0.4) is 0 Å². The van der Waals surface area contributed by atoms with Crippen LogP contribution < -0.4 is 15.0 Å². The number of nitrogens with zero attached hydrogens (tertiary/aromatic N) is 3. The maximum Gasteiger partial charge on any atom is 0.415 e. The van der Waals surface area contributed by atoms with Crippen molar-refractivity contribution < 1.29 is 14.3 Å². The number of nitrogens with one attached hydrogen (secondary N) is 1. The summed E-state index contributed by atoms with van der Waals surface area (Å²) in [6.07, 6.45) is 1.18. The molecule has 2 aliphatic rings. The average molecular weight is 300 g/mol. The normalized spacial score (nSPS) is 19.4. The molecule has 22 heavy (non-hydrogen) atoms. The number of ether oxygens (including phenoxy) is 2. The van der Waals surface area contributed by atoms with Gasteiger partial charge in [0.1, 0.15) is 12.1 Å². The Kier molecular flexibility index (Phi) is 2.74. The van der Waals surface area contributed by atoms with Crippen molar-refractivity contribution >= 4 is 22.7 Å². The number of carbonyl (C=O) groups is 1. The van der Waals surface area contributed by atoms with Crippen molar-refractivity contribution in [3.63, 3.8) is 0 Å². The number of anilines is 1. The highest BCUT2D eigenvalue weighted by Crippen LogP contribution is 2.38. The third kappa shape index (κ3) is 1.82. The SMILES string of the molecule is COc1cc2ncnc(C)c2cc1N1CC2(CNC2)OC1=O. The van der Waals surface area contributed by atoms with Crippen LogP contribution in [0.1, 0.15) is 5.69 Å². The van der Waals surface area contributed by atoms with E-state index in [2.05, 4.69) is 15.3 Å². The molecule has 0 aliphatic carbocycles. The number of carbonyl (C=O) groups excluding carboxylic acids is 1. The summed E-state index contributed by atoms with van der Waals surface area (Å²) in [5.74, 6) is 0.604. The smallest absolute Gasteiger partial charge is 0.415 e. The molecule has 0 bridgehead atoms. The molecule has 0 radical (unpaired) electrons. The molecule has 2 saturated heterocycles. The van der Waals surface area contributed by atoms with Crippen LogP contribution in [0.25, 0.3) is 10.9 Å². The Balaban J connectivity index is 1.83. The van der Waals surface area contributed by atoms with Crippen LogP contribution in [0.2, 0.25) is 0 Å². The fourth-order valence-electron chi connectivity index (χ4n) is 2.97. The van der Waals surface area contributed by atoms with Crippen LogP contribution in [-0.4, -0.2) is 48.4 Å². The second kappa shape index (κ2) is 4.54. The highest BCUT2D eigenvalue weighted by Gasteiger charge is 2.50. The van der Waals surface area contributed by atoms with Crippen LogP contribution in [0.15, 0.2) is 18.5 Å². The summed E-state index contributed by atoms with van der Waals surface area (Å²) in [5.41, 5.74) is 1.95. The van der Waals surface area contributed by atoms with Crippen LogP contribution in [0.5, 0.6) is 5.75 Å². The van der Waals surface area contributed by atoms with Gasteiger partial charge in [0.05, 0.1) is 24.9 Å². The van der Waals surface area contributed by atoms with Gasteiger partial charge >= 0.3 is 6.09 Å². The van der Waals surface area contributed by atoms with Gasteiger partial charge in [-0.05, 0) is 13.0 Å².